The molecule has 74 valence electrons. The Labute approximate surface area is 89.8 Å². The first-order valence-corrected chi connectivity index (χ1v) is 5.34. The first-order chi connectivity index (χ1) is 7.45. The van der Waals surface area contributed by atoms with Crippen LogP contribution in [0.1, 0.15) is 12.0 Å². The molecule has 0 fully saturated rings. The van der Waals surface area contributed by atoms with Crippen LogP contribution in [0.15, 0.2) is 59.8 Å². The van der Waals surface area contributed by atoms with Crippen LogP contribution in [0.3, 0.4) is 0 Å². The molecule has 1 heterocycles. The maximum atomic E-state index is 3.44. The van der Waals surface area contributed by atoms with Gasteiger partial charge in [-0.15, -0.1) is 0 Å². The fraction of sp³-hybridized carbons (Fsp3) is 0.143. The first kappa shape index (κ1) is 8.54. The van der Waals surface area contributed by atoms with E-state index in [1.165, 1.54) is 22.4 Å². The van der Waals surface area contributed by atoms with Gasteiger partial charge in [0.2, 0.25) is 0 Å². The van der Waals surface area contributed by atoms with E-state index in [4.69, 9.17) is 0 Å². The molecule has 0 unspecified atom stereocenters. The molecule has 1 aliphatic heterocycles. The molecule has 0 spiro atoms. The summed E-state index contributed by atoms with van der Waals surface area (Å²) in [6.45, 7) is 0.954. The molecule has 1 nitrogen and oxygen atoms in total. The normalized spacial score (nSPS) is 18.5. The van der Waals surface area contributed by atoms with Crippen LogP contribution in [0.4, 0.5) is 0 Å². The third kappa shape index (κ3) is 1.40. The van der Waals surface area contributed by atoms with E-state index >= 15 is 0 Å². The zero-order valence-electron chi connectivity index (χ0n) is 8.53. The molecule has 0 bridgehead atoms. The van der Waals surface area contributed by atoms with Gasteiger partial charge in [-0.3, -0.25) is 0 Å². The van der Waals surface area contributed by atoms with Gasteiger partial charge in [0.1, 0.15) is 0 Å². The highest BCUT2D eigenvalue weighted by molar-refractivity contribution is 5.79. The maximum Gasteiger partial charge on any atom is 0.0413 e. The van der Waals surface area contributed by atoms with E-state index in [0.717, 1.165) is 13.0 Å². The Balaban J connectivity index is 2.10. The Bertz CT molecular complexity index is 463. The van der Waals surface area contributed by atoms with Gasteiger partial charge in [-0.1, -0.05) is 48.6 Å². The van der Waals surface area contributed by atoms with Crippen LogP contribution in [0.25, 0.3) is 5.57 Å². The molecule has 0 atom stereocenters. The van der Waals surface area contributed by atoms with Crippen molar-refractivity contribution < 1.29 is 0 Å². The number of allylic oxidation sites excluding steroid dienone is 3. The van der Waals surface area contributed by atoms with Crippen molar-refractivity contribution in [2.24, 2.45) is 0 Å². The second kappa shape index (κ2) is 3.43. The molecule has 1 N–H and O–H groups in total. The number of fused-ring (bicyclic) bond motifs is 1. The first-order valence-electron chi connectivity index (χ1n) is 5.34. The quantitative estimate of drug-likeness (QED) is 0.726. The van der Waals surface area contributed by atoms with Gasteiger partial charge in [-0.25, -0.2) is 0 Å². The number of hydrogen-bond acceptors (Lipinski definition) is 1. The molecule has 0 saturated heterocycles. The summed E-state index contributed by atoms with van der Waals surface area (Å²) in [6.07, 6.45) is 7.76. The summed E-state index contributed by atoms with van der Waals surface area (Å²) in [6, 6.07) is 10.6. The molecule has 0 radical (unpaired) electrons. The van der Waals surface area contributed by atoms with Gasteiger partial charge in [0, 0.05) is 17.8 Å². The zero-order chi connectivity index (χ0) is 10.1. The van der Waals surface area contributed by atoms with Gasteiger partial charge in [-0.05, 0) is 17.6 Å². The SMILES string of the molecule is C1=CC2=C(c3ccccc3)CNC2=CC1. The minimum atomic E-state index is 0.954. The molecule has 3 rings (SSSR count). The Morgan fingerprint density at radius 2 is 1.93 bits per heavy atom. The summed E-state index contributed by atoms with van der Waals surface area (Å²) in [4.78, 5) is 0. The van der Waals surface area contributed by atoms with Crippen LogP contribution in [0.2, 0.25) is 0 Å². The lowest BCUT2D eigenvalue weighted by molar-refractivity contribution is 0.968. The van der Waals surface area contributed by atoms with Crippen molar-refractivity contribution in [1.29, 1.82) is 0 Å². The average Bonchev–Trinajstić information content (AvgIpc) is 2.74. The summed E-state index contributed by atoms with van der Waals surface area (Å²) in [5.41, 5.74) is 5.41. The van der Waals surface area contributed by atoms with Crippen molar-refractivity contribution in [3.05, 3.63) is 65.4 Å². The van der Waals surface area contributed by atoms with Gasteiger partial charge < -0.3 is 5.32 Å². The van der Waals surface area contributed by atoms with Crippen molar-refractivity contribution in [1.82, 2.24) is 5.32 Å². The topological polar surface area (TPSA) is 12.0 Å². The number of benzene rings is 1. The molecular formula is C14H13N. The smallest absolute Gasteiger partial charge is 0.0413 e. The molecule has 15 heavy (non-hydrogen) atoms. The minimum Gasteiger partial charge on any atom is -0.381 e. The summed E-state index contributed by atoms with van der Waals surface area (Å²) >= 11 is 0. The van der Waals surface area contributed by atoms with Crippen LogP contribution in [0.5, 0.6) is 0 Å². The van der Waals surface area contributed by atoms with Crippen molar-refractivity contribution >= 4 is 5.57 Å². The molecule has 1 aromatic rings. The largest absolute Gasteiger partial charge is 0.381 e. The lowest BCUT2D eigenvalue weighted by Crippen LogP contribution is -2.07. The minimum absolute atomic E-state index is 0.954. The summed E-state index contributed by atoms with van der Waals surface area (Å²) < 4.78 is 0. The van der Waals surface area contributed by atoms with E-state index in [0.29, 0.717) is 0 Å². The molecule has 0 amide bonds. The fourth-order valence-corrected chi connectivity index (χ4v) is 2.18. The highest BCUT2D eigenvalue weighted by Crippen LogP contribution is 2.30. The molecule has 2 aliphatic rings. The van der Waals surface area contributed by atoms with Crippen molar-refractivity contribution in [2.75, 3.05) is 6.54 Å². The monoisotopic (exact) mass is 195 g/mol. The van der Waals surface area contributed by atoms with E-state index in [1.807, 2.05) is 0 Å². The Hall–Kier alpha value is -1.76. The number of rotatable bonds is 1. The van der Waals surface area contributed by atoms with Crippen LogP contribution in [-0.2, 0) is 0 Å². The van der Waals surface area contributed by atoms with E-state index in [-0.39, 0.29) is 0 Å². The second-order valence-electron chi connectivity index (χ2n) is 3.87. The van der Waals surface area contributed by atoms with Crippen LogP contribution >= 0.6 is 0 Å². The second-order valence-corrected chi connectivity index (χ2v) is 3.87. The van der Waals surface area contributed by atoms with Crippen LogP contribution in [-0.4, -0.2) is 6.54 Å². The molecule has 1 aromatic carbocycles. The molecule has 0 aromatic heterocycles. The Morgan fingerprint density at radius 1 is 1.07 bits per heavy atom. The van der Waals surface area contributed by atoms with Crippen molar-refractivity contribution in [3.63, 3.8) is 0 Å². The lowest BCUT2D eigenvalue weighted by Gasteiger charge is -2.06. The third-order valence-electron chi connectivity index (χ3n) is 2.94. The maximum absolute atomic E-state index is 3.44. The van der Waals surface area contributed by atoms with E-state index < -0.39 is 0 Å². The van der Waals surface area contributed by atoms with Crippen molar-refractivity contribution in [3.8, 4) is 0 Å². The average molecular weight is 195 g/mol. The van der Waals surface area contributed by atoms with E-state index in [2.05, 4.69) is 53.9 Å². The van der Waals surface area contributed by atoms with Crippen LogP contribution in [0, 0.1) is 0 Å². The Morgan fingerprint density at radius 3 is 2.80 bits per heavy atom. The van der Waals surface area contributed by atoms with Crippen LogP contribution < -0.4 is 5.32 Å². The fourth-order valence-electron chi connectivity index (χ4n) is 2.18. The molecule has 1 heteroatoms. The van der Waals surface area contributed by atoms with Gasteiger partial charge in [0.15, 0.2) is 0 Å². The van der Waals surface area contributed by atoms with E-state index in [1.54, 1.807) is 0 Å². The van der Waals surface area contributed by atoms with Gasteiger partial charge >= 0.3 is 0 Å². The third-order valence-corrected chi connectivity index (χ3v) is 2.94. The van der Waals surface area contributed by atoms with Gasteiger partial charge in [0.25, 0.3) is 0 Å². The zero-order valence-corrected chi connectivity index (χ0v) is 8.53. The summed E-state index contributed by atoms with van der Waals surface area (Å²) in [5.74, 6) is 0. The van der Waals surface area contributed by atoms with Crippen molar-refractivity contribution in [2.45, 2.75) is 6.42 Å². The predicted molar refractivity (Wildman–Crippen MR) is 63.2 cm³/mol. The predicted octanol–water partition coefficient (Wildman–Crippen LogP) is 2.89. The lowest BCUT2D eigenvalue weighted by atomic mass is 9.98. The van der Waals surface area contributed by atoms with Gasteiger partial charge in [0.05, 0.1) is 0 Å². The standard InChI is InChI=1S/C14H13N/c1-2-6-11(7-3-1)13-10-15-14-9-5-4-8-12(13)14/h1-4,6-9,15H,5,10H2. The summed E-state index contributed by atoms with van der Waals surface area (Å²) in [7, 11) is 0. The van der Waals surface area contributed by atoms with E-state index in [9.17, 15) is 0 Å². The Kier molecular flexibility index (Phi) is 1.95. The summed E-state index contributed by atoms with van der Waals surface area (Å²) in [5, 5.41) is 3.44. The highest BCUT2D eigenvalue weighted by Gasteiger charge is 2.18. The molecule has 0 saturated carbocycles. The number of nitrogens with one attached hydrogen (secondary N) is 1. The van der Waals surface area contributed by atoms with Gasteiger partial charge in [-0.2, -0.15) is 0 Å². The number of hydrogen-bond donors (Lipinski definition) is 1. The molecule has 1 aliphatic carbocycles. The highest BCUT2D eigenvalue weighted by atomic mass is 14.9. The molecular weight excluding hydrogens is 182 g/mol.